The number of carbonyl (C=O) groups is 2. The first-order valence-corrected chi connectivity index (χ1v) is 9.68. The van der Waals surface area contributed by atoms with Gasteiger partial charge in [-0.2, -0.15) is 0 Å². The van der Waals surface area contributed by atoms with E-state index in [2.05, 4.69) is 22.5 Å². The molecule has 1 fully saturated rings. The van der Waals surface area contributed by atoms with Crippen molar-refractivity contribution in [2.75, 3.05) is 36.5 Å². The zero-order chi connectivity index (χ0) is 17.4. The molecule has 5 nitrogen and oxygen atoms in total. The Bertz CT molecular complexity index is 548. The summed E-state index contributed by atoms with van der Waals surface area (Å²) >= 11 is 1.35. The van der Waals surface area contributed by atoms with Gasteiger partial charge in [-0.15, -0.1) is 11.8 Å². The van der Waals surface area contributed by atoms with Crippen molar-refractivity contribution in [1.82, 2.24) is 10.2 Å². The van der Waals surface area contributed by atoms with Crippen LogP contribution in [0.2, 0.25) is 0 Å². The van der Waals surface area contributed by atoms with Gasteiger partial charge in [0.05, 0.1) is 11.5 Å². The third-order valence-corrected chi connectivity index (χ3v) is 5.05. The molecule has 24 heavy (non-hydrogen) atoms. The molecule has 132 valence electrons. The monoisotopic (exact) mass is 349 g/mol. The summed E-state index contributed by atoms with van der Waals surface area (Å²) in [5.41, 5.74) is 1.95. The van der Waals surface area contributed by atoms with Gasteiger partial charge in [-0.1, -0.05) is 24.6 Å². The van der Waals surface area contributed by atoms with E-state index in [4.69, 9.17) is 0 Å². The van der Waals surface area contributed by atoms with E-state index in [0.29, 0.717) is 5.75 Å². The highest BCUT2D eigenvalue weighted by Gasteiger charge is 2.20. The van der Waals surface area contributed by atoms with E-state index in [1.165, 1.54) is 11.8 Å². The fourth-order valence-electron chi connectivity index (χ4n) is 2.80. The van der Waals surface area contributed by atoms with Crippen molar-refractivity contribution in [3.8, 4) is 0 Å². The molecule has 1 atom stereocenters. The summed E-state index contributed by atoms with van der Waals surface area (Å²) in [4.78, 5) is 26.2. The summed E-state index contributed by atoms with van der Waals surface area (Å²) in [7, 11) is 0. The number of thioether (sulfide) groups is 1. The second-order valence-corrected chi connectivity index (χ2v) is 7.19. The lowest BCUT2D eigenvalue weighted by atomic mass is 10.1. The Balaban J connectivity index is 1.63. The van der Waals surface area contributed by atoms with Gasteiger partial charge in [0.15, 0.2) is 0 Å². The molecule has 1 aromatic carbocycles. The van der Waals surface area contributed by atoms with E-state index in [1.807, 2.05) is 31.2 Å². The quantitative estimate of drug-likeness (QED) is 0.793. The molecule has 0 aliphatic carbocycles. The average Bonchev–Trinajstić information content (AvgIpc) is 2.57. The van der Waals surface area contributed by atoms with Crippen LogP contribution in [0.5, 0.6) is 0 Å². The summed E-state index contributed by atoms with van der Waals surface area (Å²) in [5.74, 6) is 0.550. The van der Waals surface area contributed by atoms with E-state index >= 15 is 0 Å². The molecular weight excluding hydrogens is 322 g/mol. The molecule has 0 radical (unpaired) electrons. The molecule has 1 unspecified atom stereocenters. The van der Waals surface area contributed by atoms with E-state index in [0.717, 1.165) is 43.7 Å². The molecule has 2 amide bonds. The molecule has 2 rings (SSSR count). The minimum atomic E-state index is -0.0773. The van der Waals surface area contributed by atoms with Crippen molar-refractivity contribution in [3.63, 3.8) is 0 Å². The smallest absolute Gasteiger partial charge is 0.234 e. The number of piperidine rings is 1. The number of nitrogens with one attached hydrogen (secondary N) is 2. The lowest BCUT2D eigenvalue weighted by Gasteiger charge is -2.32. The number of amides is 2. The van der Waals surface area contributed by atoms with Crippen LogP contribution in [0.4, 0.5) is 5.69 Å². The van der Waals surface area contributed by atoms with Gasteiger partial charge in [0.2, 0.25) is 11.8 Å². The maximum atomic E-state index is 12.0. The number of hydrogen-bond donors (Lipinski definition) is 2. The molecule has 0 saturated carbocycles. The van der Waals surface area contributed by atoms with Gasteiger partial charge in [0.1, 0.15) is 0 Å². The Hall–Kier alpha value is -1.53. The van der Waals surface area contributed by atoms with E-state index in [9.17, 15) is 9.59 Å². The maximum absolute atomic E-state index is 12.0. The van der Waals surface area contributed by atoms with Crippen LogP contribution in [-0.2, 0) is 9.59 Å². The van der Waals surface area contributed by atoms with E-state index < -0.39 is 0 Å². The highest BCUT2D eigenvalue weighted by atomic mass is 32.2. The molecule has 1 heterocycles. The zero-order valence-electron chi connectivity index (χ0n) is 14.5. The van der Waals surface area contributed by atoms with E-state index in [-0.39, 0.29) is 23.6 Å². The SMILES string of the molecule is CCN1CCCC(NC(=O)CSCC(=O)Nc2ccc(C)cc2)C1. The topological polar surface area (TPSA) is 61.4 Å². The van der Waals surface area contributed by atoms with Crippen LogP contribution in [0.1, 0.15) is 25.3 Å². The van der Waals surface area contributed by atoms with Gasteiger partial charge in [0.25, 0.3) is 0 Å². The number of rotatable bonds is 7. The van der Waals surface area contributed by atoms with Crippen LogP contribution >= 0.6 is 11.8 Å². The molecule has 1 aliphatic rings. The standard InChI is InChI=1S/C18H27N3O2S/c1-3-21-10-4-5-16(11-21)20-18(23)13-24-12-17(22)19-15-8-6-14(2)7-9-15/h6-9,16H,3-5,10-13H2,1-2H3,(H,19,22)(H,20,23). The van der Waals surface area contributed by atoms with Gasteiger partial charge < -0.3 is 15.5 Å². The number of likely N-dealkylation sites (tertiary alicyclic amines) is 1. The molecule has 1 saturated heterocycles. The number of benzene rings is 1. The molecule has 1 aliphatic heterocycles. The van der Waals surface area contributed by atoms with Crippen LogP contribution in [-0.4, -0.2) is 53.9 Å². The second kappa shape index (κ2) is 9.69. The number of anilines is 1. The van der Waals surface area contributed by atoms with Crippen molar-refractivity contribution in [2.24, 2.45) is 0 Å². The van der Waals surface area contributed by atoms with Crippen molar-refractivity contribution < 1.29 is 9.59 Å². The summed E-state index contributed by atoms with van der Waals surface area (Å²) < 4.78 is 0. The maximum Gasteiger partial charge on any atom is 0.234 e. The highest BCUT2D eigenvalue weighted by Crippen LogP contribution is 2.11. The number of hydrogen-bond acceptors (Lipinski definition) is 4. The summed E-state index contributed by atoms with van der Waals surface area (Å²) in [6.07, 6.45) is 2.17. The molecule has 6 heteroatoms. The molecule has 0 spiro atoms. The minimum Gasteiger partial charge on any atom is -0.351 e. The first kappa shape index (κ1) is 18.8. The fraction of sp³-hybridized carbons (Fsp3) is 0.556. The van der Waals surface area contributed by atoms with Crippen molar-refractivity contribution in [2.45, 2.75) is 32.7 Å². The third-order valence-electron chi connectivity index (χ3n) is 4.12. The van der Waals surface area contributed by atoms with E-state index in [1.54, 1.807) is 0 Å². The van der Waals surface area contributed by atoms with Gasteiger partial charge >= 0.3 is 0 Å². The Morgan fingerprint density at radius 1 is 1.21 bits per heavy atom. The summed E-state index contributed by atoms with van der Waals surface area (Å²) in [6.45, 7) is 7.23. The predicted octanol–water partition coefficient (Wildman–Crippen LogP) is 2.27. The lowest BCUT2D eigenvalue weighted by molar-refractivity contribution is -0.119. The van der Waals surface area contributed by atoms with Crippen LogP contribution < -0.4 is 10.6 Å². The van der Waals surface area contributed by atoms with Crippen LogP contribution in [0, 0.1) is 6.92 Å². The minimum absolute atomic E-state index is 0.0195. The molecule has 1 aromatic rings. The van der Waals surface area contributed by atoms with Gasteiger partial charge in [-0.3, -0.25) is 9.59 Å². The van der Waals surface area contributed by atoms with Gasteiger partial charge in [-0.05, 0) is 45.0 Å². The summed E-state index contributed by atoms with van der Waals surface area (Å²) in [5, 5.41) is 5.92. The number of nitrogens with zero attached hydrogens (tertiary/aromatic N) is 1. The van der Waals surface area contributed by atoms with Crippen LogP contribution in [0.25, 0.3) is 0 Å². The van der Waals surface area contributed by atoms with Crippen molar-refractivity contribution >= 4 is 29.3 Å². The fourth-order valence-corrected chi connectivity index (χ4v) is 3.43. The second-order valence-electron chi connectivity index (χ2n) is 6.21. The van der Waals surface area contributed by atoms with Crippen LogP contribution in [0.15, 0.2) is 24.3 Å². The predicted molar refractivity (Wildman–Crippen MR) is 100 cm³/mol. The normalized spacial score (nSPS) is 18.2. The van der Waals surface area contributed by atoms with Gasteiger partial charge in [-0.25, -0.2) is 0 Å². The zero-order valence-corrected chi connectivity index (χ0v) is 15.3. The first-order valence-electron chi connectivity index (χ1n) is 8.53. The first-order chi connectivity index (χ1) is 11.6. The Morgan fingerprint density at radius 3 is 2.62 bits per heavy atom. The van der Waals surface area contributed by atoms with Crippen molar-refractivity contribution in [3.05, 3.63) is 29.8 Å². The Labute approximate surface area is 148 Å². The molecular formula is C18H27N3O2S. The molecule has 0 aromatic heterocycles. The largest absolute Gasteiger partial charge is 0.351 e. The van der Waals surface area contributed by atoms with Crippen LogP contribution in [0.3, 0.4) is 0 Å². The van der Waals surface area contributed by atoms with Crippen molar-refractivity contribution in [1.29, 1.82) is 0 Å². The number of aryl methyl sites for hydroxylation is 1. The Kier molecular flexibility index (Phi) is 7.59. The lowest BCUT2D eigenvalue weighted by Crippen LogP contribution is -2.48. The number of likely N-dealkylation sites (N-methyl/N-ethyl adjacent to an activating group) is 1. The highest BCUT2D eigenvalue weighted by molar-refractivity contribution is 8.00. The third kappa shape index (κ3) is 6.53. The Morgan fingerprint density at radius 2 is 1.92 bits per heavy atom. The van der Waals surface area contributed by atoms with Gasteiger partial charge in [0, 0.05) is 18.3 Å². The summed E-state index contributed by atoms with van der Waals surface area (Å²) in [6, 6.07) is 7.92. The molecule has 2 N–H and O–H groups in total. The average molecular weight is 350 g/mol. The molecule has 0 bridgehead atoms. The number of carbonyl (C=O) groups excluding carboxylic acids is 2.